The lowest BCUT2D eigenvalue weighted by atomic mass is 9.99. The molecule has 1 amide bonds. The number of carbonyl (C=O) groups is 1. The molecule has 1 saturated heterocycles. The summed E-state index contributed by atoms with van der Waals surface area (Å²) in [6.45, 7) is 1.15. The highest BCUT2D eigenvalue weighted by Crippen LogP contribution is 2.15. The number of hydrogen-bond donors (Lipinski definition) is 2. The summed E-state index contributed by atoms with van der Waals surface area (Å²) in [7, 11) is 0. The van der Waals surface area contributed by atoms with Crippen LogP contribution in [0.1, 0.15) is 17.5 Å². The quantitative estimate of drug-likeness (QED) is 0.801. The number of amides is 1. The van der Waals surface area contributed by atoms with Crippen LogP contribution in [0.5, 0.6) is 0 Å². The van der Waals surface area contributed by atoms with Crippen LogP contribution in [0.25, 0.3) is 0 Å². The van der Waals surface area contributed by atoms with Gasteiger partial charge in [0.25, 0.3) is 0 Å². The van der Waals surface area contributed by atoms with E-state index in [9.17, 15) is 4.79 Å². The van der Waals surface area contributed by atoms with Gasteiger partial charge in [-0.25, -0.2) is 0 Å². The van der Waals surface area contributed by atoms with Gasteiger partial charge in [-0.05, 0) is 24.1 Å². The molecular weight excluding hydrogens is 230 g/mol. The van der Waals surface area contributed by atoms with E-state index in [4.69, 9.17) is 15.7 Å². The van der Waals surface area contributed by atoms with Crippen LogP contribution in [0.3, 0.4) is 0 Å². The summed E-state index contributed by atoms with van der Waals surface area (Å²) in [5.41, 5.74) is 6.48. The van der Waals surface area contributed by atoms with Gasteiger partial charge < -0.3 is 15.8 Å². The van der Waals surface area contributed by atoms with E-state index in [0.29, 0.717) is 25.1 Å². The topological polar surface area (TPSA) is 88.1 Å². The number of nitrogens with one attached hydrogen (secondary N) is 1. The van der Waals surface area contributed by atoms with Crippen LogP contribution in [0.4, 0.5) is 0 Å². The SMILES string of the molecule is N#Cc1cccc(CNC(=O)C2(N)CCOC2)c1. The lowest BCUT2D eigenvalue weighted by Gasteiger charge is -2.20. The highest BCUT2D eigenvalue weighted by Gasteiger charge is 2.37. The number of carbonyl (C=O) groups excluding carboxylic acids is 1. The molecule has 1 aliphatic heterocycles. The van der Waals surface area contributed by atoms with Crippen LogP contribution in [0.15, 0.2) is 24.3 Å². The maximum absolute atomic E-state index is 11.9. The maximum Gasteiger partial charge on any atom is 0.242 e. The van der Waals surface area contributed by atoms with Gasteiger partial charge in [-0.3, -0.25) is 4.79 Å². The Kier molecular flexibility index (Phi) is 3.60. The Labute approximate surface area is 106 Å². The molecule has 0 radical (unpaired) electrons. The Bertz CT molecular complexity index is 487. The van der Waals surface area contributed by atoms with Crippen LogP contribution in [-0.4, -0.2) is 24.7 Å². The highest BCUT2D eigenvalue weighted by atomic mass is 16.5. The van der Waals surface area contributed by atoms with Crippen LogP contribution >= 0.6 is 0 Å². The molecule has 1 aromatic rings. The molecule has 1 heterocycles. The minimum absolute atomic E-state index is 0.206. The summed E-state index contributed by atoms with van der Waals surface area (Å²) < 4.78 is 5.14. The van der Waals surface area contributed by atoms with E-state index in [2.05, 4.69) is 11.4 Å². The standard InChI is InChI=1S/C13H15N3O2/c14-7-10-2-1-3-11(6-10)8-16-12(17)13(15)4-5-18-9-13/h1-3,6H,4-5,8-9,15H2,(H,16,17). The van der Waals surface area contributed by atoms with E-state index < -0.39 is 5.54 Å². The maximum atomic E-state index is 11.9. The zero-order valence-corrected chi connectivity index (χ0v) is 9.98. The molecule has 0 bridgehead atoms. The summed E-state index contributed by atoms with van der Waals surface area (Å²) in [5, 5.41) is 11.6. The minimum Gasteiger partial charge on any atom is -0.379 e. The zero-order valence-electron chi connectivity index (χ0n) is 9.98. The van der Waals surface area contributed by atoms with Crippen LogP contribution in [0.2, 0.25) is 0 Å². The largest absolute Gasteiger partial charge is 0.379 e. The number of rotatable bonds is 3. The number of benzene rings is 1. The van der Waals surface area contributed by atoms with E-state index in [1.807, 2.05) is 6.07 Å². The summed E-state index contributed by atoms with van der Waals surface area (Å²) in [6, 6.07) is 9.17. The fraction of sp³-hybridized carbons (Fsp3) is 0.385. The van der Waals surface area contributed by atoms with Crippen molar-refractivity contribution in [2.75, 3.05) is 13.2 Å². The molecule has 0 aliphatic carbocycles. The molecule has 18 heavy (non-hydrogen) atoms. The molecule has 0 spiro atoms. The first-order chi connectivity index (χ1) is 8.64. The molecule has 1 unspecified atom stereocenters. The molecule has 94 valence electrons. The van der Waals surface area contributed by atoms with Crippen molar-refractivity contribution in [2.45, 2.75) is 18.5 Å². The number of nitrogens with zero attached hydrogens (tertiary/aromatic N) is 1. The molecule has 1 atom stereocenters. The first-order valence-electron chi connectivity index (χ1n) is 5.78. The number of nitriles is 1. The number of ether oxygens (including phenoxy) is 1. The van der Waals surface area contributed by atoms with Gasteiger partial charge in [-0.15, -0.1) is 0 Å². The van der Waals surface area contributed by atoms with Crippen molar-refractivity contribution in [1.82, 2.24) is 5.32 Å². The zero-order chi connectivity index (χ0) is 13.0. The highest BCUT2D eigenvalue weighted by molar-refractivity contribution is 5.86. The van der Waals surface area contributed by atoms with Gasteiger partial charge in [0.15, 0.2) is 0 Å². The van der Waals surface area contributed by atoms with E-state index in [1.165, 1.54) is 0 Å². The Hall–Kier alpha value is -1.90. The molecule has 3 N–H and O–H groups in total. The first-order valence-corrected chi connectivity index (χ1v) is 5.78. The van der Waals surface area contributed by atoms with E-state index >= 15 is 0 Å². The fourth-order valence-corrected chi connectivity index (χ4v) is 1.87. The van der Waals surface area contributed by atoms with Gasteiger partial charge in [-0.2, -0.15) is 5.26 Å². The van der Waals surface area contributed by atoms with Crippen molar-refractivity contribution in [3.05, 3.63) is 35.4 Å². The lowest BCUT2D eigenvalue weighted by molar-refractivity contribution is -0.126. The third-order valence-electron chi connectivity index (χ3n) is 3.01. The van der Waals surface area contributed by atoms with Crippen molar-refractivity contribution in [2.24, 2.45) is 5.73 Å². The van der Waals surface area contributed by atoms with Gasteiger partial charge in [0, 0.05) is 13.2 Å². The van der Waals surface area contributed by atoms with Crippen molar-refractivity contribution < 1.29 is 9.53 Å². The van der Waals surface area contributed by atoms with Crippen molar-refractivity contribution in [3.8, 4) is 6.07 Å². The molecule has 1 fully saturated rings. The number of nitrogens with two attached hydrogens (primary N) is 1. The second-order valence-electron chi connectivity index (χ2n) is 4.45. The van der Waals surface area contributed by atoms with Crippen LogP contribution in [0, 0.1) is 11.3 Å². The predicted octanol–water partition coefficient (Wildman–Crippen LogP) is 0.292. The summed E-state index contributed by atoms with van der Waals surface area (Å²) >= 11 is 0. The second kappa shape index (κ2) is 5.17. The molecule has 1 aliphatic rings. The third-order valence-corrected chi connectivity index (χ3v) is 3.01. The number of hydrogen-bond acceptors (Lipinski definition) is 4. The Balaban J connectivity index is 1.95. The van der Waals surface area contributed by atoms with Gasteiger partial charge in [0.1, 0.15) is 5.54 Å². The average molecular weight is 245 g/mol. The Morgan fingerprint density at radius 1 is 1.61 bits per heavy atom. The van der Waals surface area contributed by atoms with E-state index in [1.54, 1.807) is 18.2 Å². The lowest BCUT2D eigenvalue weighted by Crippen LogP contribution is -2.54. The molecule has 0 aromatic heterocycles. The van der Waals surface area contributed by atoms with Gasteiger partial charge in [0.2, 0.25) is 5.91 Å². The normalized spacial score (nSPS) is 22.4. The van der Waals surface area contributed by atoms with Crippen LogP contribution in [-0.2, 0) is 16.1 Å². The third kappa shape index (κ3) is 2.67. The average Bonchev–Trinajstić information content (AvgIpc) is 2.84. The van der Waals surface area contributed by atoms with E-state index in [-0.39, 0.29) is 12.5 Å². The predicted molar refractivity (Wildman–Crippen MR) is 65.4 cm³/mol. The van der Waals surface area contributed by atoms with Crippen molar-refractivity contribution in [1.29, 1.82) is 5.26 Å². The van der Waals surface area contributed by atoms with Gasteiger partial charge in [-0.1, -0.05) is 12.1 Å². The second-order valence-corrected chi connectivity index (χ2v) is 4.45. The first kappa shape index (κ1) is 12.6. The summed E-state index contributed by atoms with van der Waals surface area (Å²) in [6.07, 6.45) is 0.539. The molecule has 1 aromatic carbocycles. The molecule has 5 nitrogen and oxygen atoms in total. The minimum atomic E-state index is -0.910. The van der Waals surface area contributed by atoms with Gasteiger partial charge >= 0.3 is 0 Å². The van der Waals surface area contributed by atoms with Crippen molar-refractivity contribution >= 4 is 5.91 Å². The van der Waals surface area contributed by atoms with E-state index in [0.717, 1.165) is 5.56 Å². The van der Waals surface area contributed by atoms with Crippen molar-refractivity contribution in [3.63, 3.8) is 0 Å². The monoisotopic (exact) mass is 245 g/mol. The Morgan fingerprint density at radius 2 is 2.44 bits per heavy atom. The molecule has 2 rings (SSSR count). The van der Waals surface area contributed by atoms with Crippen LogP contribution < -0.4 is 11.1 Å². The fourth-order valence-electron chi connectivity index (χ4n) is 1.87. The molecular formula is C13H15N3O2. The summed E-state index contributed by atoms with van der Waals surface area (Å²) in [4.78, 5) is 11.9. The summed E-state index contributed by atoms with van der Waals surface area (Å²) in [5.74, 6) is -0.206. The smallest absolute Gasteiger partial charge is 0.242 e. The molecule has 0 saturated carbocycles. The molecule has 5 heteroatoms. The van der Waals surface area contributed by atoms with Gasteiger partial charge in [0.05, 0.1) is 18.2 Å². The Morgan fingerprint density at radius 3 is 3.11 bits per heavy atom.